The zero-order valence-corrected chi connectivity index (χ0v) is 15.2. The summed E-state index contributed by atoms with van der Waals surface area (Å²) in [6.07, 6.45) is 13.4. The third-order valence-corrected chi connectivity index (χ3v) is 4.55. The molecule has 1 aromatic carbocycles. The summed E-state index contributed by atoms with van der Waals surface area (Å²) in [6.45, 7) is 3.55. The van der Waals surface area contributed by atoms with E-state index in [1.54, 1.807) is 0 Å². The Balaban J connectivity index is 1.50. The normalized spacial score (nSPS) is 11.4. The molecule has 0 aliphatic rings. The first kappa shape index (κ1) is 18.8. The first-order valence-electron chi connectivity index (χ1n) is 9.61. The van der Waals surface area contributed by atoms with E-state index in [-0.39, 0.29) is 0 Å². The summed E-state index contributed by atoms with van der Waals surface area (Å²) in [7, 11) is 0. The highest BCUT2D eigenvalue weighted by Gasteiger charge is 2.06. The fraction of sp³-hybridized carbons (Fsp3) is 0.650. The van der Waals surface area contributed by atoms with Crippen LogP contribution in [0.3, 0.4) is 0 Å². The standard InChI is InChI=1S/C20H33N3O/c1-2-3-4-5-6-7-8-9-10-13-16-24-17-23-19-15-12-11-14-18(19)22-20(23)21/h11-12,14-15H,2-10,13,16-17H2,1H3,(H2,21,22). The van der Waals surface area contributed by atoms with Crippen LogP contribution in [-0.2, 0) is 11.5 Å². The topological polar surface area (TPSA) is 53.1 Å². The van der Waals surface area contributed by atoms with Crippen LogP contribution in [0.15, 0.2) is 24.3 Å². The van der Waals surface area contributed by atoms with Crippen LogP contribution in [-0.4, -0.2) is 16.2 Å². The number of benzene rings is 1. The van der Waals surface area contributed by atoms with E-state index in [0.717, 1.165) is 24.1 Å². The van der Waals surface area contributed by atoms with E-state index in [2.05, 4.69) is 11.9 Å². The van der Waals surface area contributed by atoms with Crippen LogP contribution in [0.1, 0.15) is 71.1 Å². The summed E-state index contributed by atoms with van der Waals surface area (Å²) in [5, 5.41) is 0. The minimum absolute atomic E-state index is 0.490. The molecule has 2 aromatic rings. The van der Waals surface area contributed by atoms with Crippen LogP contribution < -0.4 is 5.73 Å². The molecule has 2 N–H and O–H groups in total. The van der Waals surface area contributed by atoms with Gasteiger partial charge in [-0.3, -0.25) is 4.57 Å². The summed E-state index contributed by atoms with van der Waals surface area (Å²) in [5.74, 6) is 0.527. The van der Waals surface area contributed by atoms with Crippen molar-refractivity contribution in [3.05, 3.63) is 24.3 Å². The second-order valence-corrected chi connectivity index (χ2v) is 6.61. The quantitative estimate of drug-likeness (QED) is 0.492. The van der Waals surface area contributed by atoms with Gasteiger partial charge in [0.05, 0.1) is 11.0 Å². The van der Waals surface area contributed by atoms with Crippen LogP contribution in [0.5, 0.6) is 0 Å². The van der Waals surface area contributed by atoms with E-state index >= 15 is 0 Å². The average molecular weight is 332 g/mol. The van der Waals surface area contributed by atoms with Gasteiger partial charge in [-0.25, -0.2) is 4.98 Å². The van der Waals surface area contributed by atoms with E-state index in [1.807, 2.05) is 28.8 Å². The molecule has 0 fully saturated rings. The monoisotopic (exact) mass is 331 g/mol. The molecule has 0 amide bonds. The van der Waals surface area contributed by atoms with Crippen molar-refractivity contribution >= 4 is 17.0 Å². The molecule has 134 valence electrons. The number of ether oxygens (including phenoxy) is 1. The van der Waals surface area contributed by atoms with Gasteiger partial charge < -0.3 is 10.5 Å². The maximum Gasteiger partial charge on any atom is 0.203 e. The fourth-order valence-corrected chi connectivity index (χ4v) is 3.08. The Morgan fingerprint density at radius 2 is 1.54 bits per heavy atom. The average Bonchev–Trinajstić information content (AvgIpc) is 2.91. The van der Waals surface area contributed by atoms with Crippen LogP contribution in [0.2, 0.25) is 0 Å². The van der Waals surface area contributed by atoms with E-state index in [4.69, 9.17) is 10.5 Å². The number of anilines is 1. The first-order chi connectivity index (χ1) is 11.8. The number of hydrogen-bond acceptors (Lipinski definition) is 3. The third kappa shape index (κ3) is 6.16. The zero-order chi connectivity index (χ0) is 17.0. The maximum absolute atomic E-state index is 5.96. The van der Waals surface area contributed by atoms with Gasteiger partial charge in [0.15, 0.2) is 0 Å². The largest absolute Gasteiger partial charge is 0.369 e. The number of nitrogens with two attached hydrogens (primary N) is 1. The molecule has 0 atom stereocenters. The van der Waals surface area contributed by atoms with E-state index in [9.17, 15) is 0 Å². The second-order valence-electron chi connectivity index (χ2n) is 6.61. The van der Waals surface area contributed by atoms with E-state index < -0.39 is 0 Å². The lowest BCUT2D eigenvalue weighted by atomic mass is 10.1. The molecule has 0 radical (unpaired) electrons. The molecular weight excluding hydrogens is 298 g/mol. The fourth-order valence-electron chi connectivity index (χ4n) is 3.08. The number of hydrogen-bond donors (Lipinski definition) is 1. The minimum Gasteiger partial charge on any atom is -0.369 e. The van der Waals surface area contributed by atoms with Crippen molar-refractivity contribution in [1.82, 2.24) is 9.55 Å². The van der Waals surface area contributed by atoms with Gasteiger partial charge in [0.25, 0.3) is 0 Å². The van der Waals surface area contributed by atoms with Gasteiger partial charge in [0, 0.05) is 6.61 Å². The summed E-state index contributed by atoms with van der Waals surface area (Å²) in [4.78, 5) is 4.35. The van der Waals surface area contributed by atoms with Crippen LogP contribution in [0, 0.1) is 0 Å². The SMILES string of the molecule is CCCCCCCCCCCCOCn1c(N)nc2ccccc21. The summed E-state index contributed by atoms with van der Waals surface area (Å²) >= 11 is 0. The van der Waals surface area contributed by atoms with Gasteiger partial charge in [-0.15, -0.1) is 0 Å². The minimum atomic E-state index is 0.490. The Labute approximate surface area is 146 Å². The predicted octanol–water partition coefficient (Wildman–Crippen LogP) is 5.51. The Kier molecular flexibility index (Phi) is 8.67. The zero-order valence-electron chi connectivity index (χ0n) is 15.2. The molecule has 4 nitrogen and oxygen atoms in total. The van der Waals surface area contributed by atoms with Gasteiger partial charge in [-0.2, -0.15) is 0 Å². The molecule has 1 aromatic heterocycles. The molecular formula is C20H33N3O. The molecule has 2 rings (SSSR count). The van der Waals surface area contributed by atoms with Crippen molar-refractivity contribution in [1.29, 1.82) is 0 Å². The Morgan fingerprint density at radius 1 is 0.917 bits per heavy atom. The van der Waals surface area contributed by atoms with Crippen molar-refractivity contribution in [2.24, 2.45) is 0 Å². The van der Waals surface area contributed by atoms with Gasteiger partial charge >= 0.3 is 0 Å². The van der Waals surface area contributed by atoms with Crippen LogP contribution in [0.25, 0.3) is 11.0 Å². The lowest BCUT2D eigenvalue weighted by molar-refractivity contribution is 0.0776. The number of para-hydroxylation sites is 2. The molecule has 0 saturated heterocycles. The molecule has 4 heteroatoms. The molecule has 0 bridgehead atoms. The lowest BCUT2D eigenvalue weighted by Gasteiger charge is -2.08. The van der Waals surface area contributed by atoms with Crippen molar-refractivity contribution < 1.29 is 4.74 Å². The highest BCUT2D eigenvalue weighted by Crippen LogP contribution is 2.17. The van der Waals surface area contributed by atoms with Gasteiger partial charge in [-0.05, 0) is 18.6 Å². The molecule has 0 saturated carbocycles. The smallest absolute Gasteiger partial charge is 0.203 e. The molecule has 0 unspecified atom stereocenters. The van der Waals surface area contributed by atoms with Crippen molar-refractivity contribution in [3.8, 4) is 0 Å². The number of rotatable bonds is 13. The number of fused-ring (bicyclic) bond motifs is 1. The number of unbranched alkanes of at least 4 members (excludes halogenated alkanes) is 9. The highest BCUT2D eigenvalue weighted by atomic mass is 16.5. The molecule has 0 spiro atoms. The maximum atomic E-state index is 5.96. The molecule has 0 aliphatic carbocycles. The Hall–Kier alpha value is -1.55. The second kappa shape index (κ2) is 11.1. The molecule has 24 heavy (non-hydrogen) atoms. The summed E-state index contributed by atoms with van der Waals surface area (Å²) in [6, 6.07) is 7.99. The summed E-state index contributed by atoms with van der Waals surface area (Å²) < 4.78 is 7.72. The van der Waals surface area contributed by atoms with Gasteiger partial charge in [0.2, 0.25) is 5.95 Å². The Morgan fingerprint density at radius 3 is 2.25 bits per heavy atom. The number of aromatic nitrogens is 2. The Bertz CT molecular complexity index is 579. The third-order valence-electron chi connectivity index (χ3n) is 4.55. The number of nitrogens with zero attached hydrogens (tertiary/aromatic N) is 2. The predicted molar refractivity (Wildman–Crippen MR) is 102 cm³/mol. The van der Waals surface area contributed by atoms with Crippen molar-refractivity contribution in [2.45, 2.75) is 77.9 Å². The highest BCUT2D eigenvalue weighted by molar-refractivity contribution is 5.78. The molecule has 1 heterocycles. The van der Waals surface area contributed by atoms with Gasteiger partial charge in [0.1, 0.15) is 6.73 Å². The van der Waals surface area contributed by atoms with E-state index in [0.29, 0.717) is 12.7 Å². The van der Waals surface area contributed by atoms with Crippen LogP contribution >= 0.6 is 0 Å². The van der Waals surface area contributed by atoms with Crippen molar-refractivity contribution in [2.75, 3.05) is 12.3 Å². The van der Waals surface area contributed by atoms with Gasteiger partial charge in [-0.1, -0.05) is 76.8 Å². The van der Waals surface area contributed by atoms with Crippen LogP contribution in [0.4, 0.5) is 5.95 Å². The number of nitrogen functional groups attached to an aromatic ring is 1. The molecule has 0 aliphatic heterocycles. The van der Waals surface area contributed by atoms with E-state index in [1.165, 1.54) is 57.8 Å². The van der Waals surface area contributed by atoms with Crippen molar-refractivity contribution in [3.63, 3.8) is 0 Å². The summed E-state index contributed by atoms with van der Waals surface area (Å²) in [5.41, 5.74) is 7.93. The number of imidazole rings is 1. The lowest BCUT2D eigenvalue weighted by Crippen LogP contribution is -2.07. The first-order valence-corrected chi connectivity index (χ1v) is 9.61.